The molecule has 36 heavy (non-hydrogen) atoms. The van der Waals surface area contributed by atoms with E-state index < -0.39 is 0 Å². The van der Waals surface area contributed by atoms with Gasteiger partial charge >= 0.3 is 0 Å². The van der Waals surface area contributed by atoms with E-state index in [-0.39, 0.29) is 23.1 Å². The number of carbonyl (C=O) groups is 2. The zero-order valence-electron chi connectivity index (χ0n) is 21.5. The molecular formula is C28H34N4O4. The number of piperidine rings is 1. The van der Waals surface area contributed by atoms with E-state index in [1.54, 1.807) is 7.11 Å². The molecule has 0 spiro atoms. The number of carbonyl (C=O) groups excluding carboxylic acids is 2. The molecule has 2 fully saturated rings. The van der Waals surface area contributed by atoms with Crippen LogP contribution >= 0.6 is 0 Å². The molecular weight excluding hydrogens is 456 g/mol. The number of pyridine rings is 1. The molecule has 1 aliphatic heterocycles. The average Bonchev–Trinajstić information content (AvgIpc) is 3.64. The lowest BCUT2D eigenvalue weighted by atomic mass is 9.89. The van der Waals surface area contributed by atoms with Crippen molar-refractivity contribution >= 4 is 28.6 Å². The van der Waals surface area contributed by atoms with Crippen LogP contribution in [-0.4, -0.2) is 47.1 Å². The van der Waals surface area contributed by atoms with Crippen LogP contribution in [0.5, 0.6) is 5.75 Å². The van der Waals surface area contributed by atoms with Gasteiger partial charge in [0.15, 0.2) is 0 Å². The van der Waals surface area contributed by atoms with Crippen LogP contribution in [0.3, 0.4) is 0 Å². The molecule has 8 nitrogen and oxygen atoms in total. The predicted molar refractivity (Wildman–Crippen MR) is 137 cm³/mol. The van der Waals surface area contributed by atoms with Crippen LogP contribution in [0.25, 0.3) is 11.1 Å². The fourth-order valence-corrected chi connectivity index (χ4v) is 4.91. The van der Waals surface area contributed by atoms with Crippen LogP contribution in [-0.2, 0) is 11.2 Å². The Balaban J connectivity index is 1.33. The van der Waals surface area contributed by atoms with E-state index in [9.17, 15) is 9.59 Å². The summed E-state index contributed by atoms with van der Waals surface area (Å²) in [4.78, 5) is 33.3. The lowest BCUT2D eigenvalue weighted by Crippen LogP contribution is -2.41. The molecule has 8 heteroatoms. The molecule has 0 atom stereocenters. The molecule has 190 valence electrons. The molecule has 2 aliphatic rings. The van der Waals surface area contributed by atoms with Gasteiger partial charge in [-0.3, -0.25) is 9.59 Å². The zero-order valence-corrected chi connectivity index (χ0v) is 21.5. The van der Waals surface area contributed by atoms with Crippen LogP contribution in [0.15, 0.2) is 34.9 Å². The third-order valence-corrected chi connectivity index (χ3v) is 6.98. The molecule has 0 unspecified atom stereocenters. The second kappa shape index (κ2) is 9.56. The maximum Gasteiger partial charge on any atom is 0.259 e. The van der Waals surface area contributed by atoms with E-state index in [0.29, 0.717) is 61.0 Å². The summed E-state index contributed by atoms with van der Waals surface area (Å²) in [5.41, 5.74) is 3.42. The van der Waals surface area contributed by atoms with Crippen molar-refractivity contribution in [3.63, 3.8) is 0 Å². The summed E-state index contributed by atoms with van der Waals surface area (Å²) in [6, 6.07) is 9.33. The first-order chi connectivity index (χ1) is 17.2. The summed E-state index contributed by atoms with van der Waals surface area (Å²) in [5, 5.41) is 8.03. The molecule has 1 saturated carbocycles. The Bertz CT molecular complexity index is 1280. The maximum atomic E-state index is 13.8. The lowest BCUT2D eigenvalue weighted by Gasteiger charge is -2.31. The summed E-state index contributed by atoms with van der Waals surface area (Å²) >= 11 is 0. The number of rotatable bonds is 6. The van der Waals surface area contributed by atoms with Gasteiger partial charge in [-0.1, -0.05) is 38.1 Å². The number of aromatic nitrogens is 2. The summed E-state index contributed by atoms with van der Waals surface area (Å²) in [5.74, 6) is 0.782. The minimum absolute atomic E-state index is 0.00751. The van der Waals surface area contributed by atoms with Crippen molar-refractivity contribution in [2.24, 2.45) is 11.3 Å². The van der Waals surface area contributed by atoms with Crippen molar-refractivity contribution in [1.82, 2.24) is 15.0 Å². The quantitative estimate of drug-likeness (QED) is 0.511. The first-order valence-electron chi connectivity index (χ1n) is 12.8. The third kappa shape index (κ3) is 5.08. The molecule has 1 saturated heterocycles. The topological polar surface area (TPSA) is 97.6 Å². The van der Waals surface area contributed by atoms with Crippen molar-refractivity contribution in [3.8, 4) is 5.75 Å². The highest BCUT2D eigenvalue weighted by Gasteiger charge is 2.33. The van der Waals surface area contributed by atoms with Crippen LogP contribution in [0, 0.1) is 11.3 Å². The van der Waals surface area contributed by atoms with E-state index in [1.165, 1.54) is 0 Å². The van der Waals surface area contributed by atoms with Crippen LogP contribution < -0.4 is 10.1 Å². The van der Waals surface area contributed by atoms with E-state index in [1.807, 2.05) is 35.2 Å². The van der Waals surface area contributed by atoms with Crippen molar-refractivity contribution in [2.45, 2.75) is 58.8 Å². The average molecular weight is 491 g/mol. The van der Waals surface area contributed by atoms with Gasteiger partial charge in [0.2, 0.25) is 5.91 Å². The van der Waals surface area contributed by atoms with Crippen LogP contribution in [0.4, 0.5) is 5.69 Å². The Morgan fingerprint density at radius 3 is 2.53 bits per heavy atom. The summed E-state index contributed by atoms with van der Waals surface area (Å²) in [6.07, 6.45) is 4.07. The number of benzene rings is 1. The predicted octanol–water partition coefficient (Wildman–Crippen LogP) is 5.19. The molecule has 1 N–H and O–H groups in total. The summed E-state index contributed by atoms with van der Waals surface area (Å²) < 4.78 is 11.0. The molecule has 2 amide bonds. The largest absolute Gasteiger partial charge is 0.495 e. The van der Waals surface area contributed by atoms with Gasteiger partial charge in [-0.2, -0.15) is 0 Å². The molecule has 1 aliphatic carbocycles. The number of hydrogen-bond donors (Lipinski definition) is 1. The Morgan fingerprint density at radius 2 is 1.86 bits per heavy atom. The van der Waals surface area contributed by atoms with Crippen LogP contribution in [0.2, 0.25) is 0 Å². The van der Waals surface area contributed by atoms with Crippen molar-refractivity contribution < 1.29 is 18.8 Å². The van der Waals surface area contributed by atoms with E-state index in [4.69, 9.17) is 14.2 Å². The van der Waals surface area contributed by atoms with Gasteiger partial charge in [0.05, 0.1) is 29.4 Å². The first kappa shape index (κ1) is 24.3. The molecule has 0 bridgehead atoms. The number of para-hydroxylation sites is 2. The first-order valence-corrected chi connectivity index (χ1v) is 12.8. The van der Waals surface area contributed by atoms with Crippen LogP contribution in [0.1, 0.15) is 74.1 Å². The Kier molecular flexibility index (Phi) is 6.45. The fourth-order valence-electron chi connectivity index (χ4n) is 4.91. The molecule has 3 aromatic rings. The second-order valence-electron chi connectivity index (χ2n) is 11.2. The Hall–Kier alpha value is -3.42. The van der Waals surface area contributed by atoms with E-state index in [2.05, 4.69) is 31.2 Å². The zero-order chi connectivity index (χ0) is 25.4. The van der Waals surface area contributed by atoms with E-state index >= 15 is 0 Å². The second-order valence-corrected chi connectivity index (χ2v) is 11.2. The normalized spacial score (nSPS) is 16.8. The maximum absolute atomic E-state index is 13.8. The highest BCUT2D eigenvalue weighted by molar-refractivity contribution is 6.06. The SMILES string of the molecule is COc1ccccc1NC(=O)C1CCN(C(=O)c2cc(C3CC3)nc3onc(CC(C)(C)C)c23)CC1. The number of methoxy groups -OCH3 is 1. The van der Waals surface area contributed by atoms with Gasteiger partial charge in [0.25, 0.3) is 11.6 Å². The number of nitrogens with one attached hydrogen (secondary N) is 1. The van der Waals surface area contributed by atoms with Gasteiger partial charge in [-0.25, -0.2) is 4.98 Å². The van der Waals surface area contributed by atoms with Gasteiger partial charge in [0.1, 0.15) is 5.75 Å². The van der Waals surface area contributed by atoms with Gasteiger partial charge in [0, 0.05) is 30.6 Å². The van der Waals surface area contributed by atoms with Gasteiger partial charge in [-0.15, -0.1) is 0 Å². The third-order valence-electron chi connectivity index (χ3n) is 6.98. The van der Waals surface area contributed by atoms with Crippen molar-refractivity contribution in [3.05, 3.63) is 47.3 Å². The number of hydrogen-bond acceptors (Lipinski definition) is 6. The molecule has 5 rings (SSSR count). The minimum atomic E-state index is -0.162. The molecule has 1 aromatic carbocycles. The number of fused-ring (bicyclic) bond motifs is 1. The highest BCUT2D eigenvalue weighted by Crippen LogP contribution is 2.41. The van der Waals surface area contributed by atoms with Crippen molar-refractivity contribution in [2.75, 3.05) is 25.5 Å². The van der Waals surface area contributed by atoms with Gasteiger partial charge < -0.3 is 19.5 Å². The fraction of sp³-hybridized carbons (Fsp3) is 0.500. The Labute approximate surface area is 211 Å². The highest BCUT2D eigenvalue weighted by atomic mass is 16.5. The number of nitrogens with zero attached hydrogens (tertiary/aromatic N) is 3. The number of anilines is 1. The molecule has 3 heterocycles. The van der Waals surface area contributed by atoms with Gasteiger partial charge in [-0.05, 0) is 55.7 Å². The number of likely N-dealkylation sites (tertiary alicyclic amines) is 1. The minimum Gasteiger partial charge on any atom is -0.495 e. The summed E-state index contributed by atoms with van der Waals surface area (Å²) in [7, 11) is 1.59. The van der Waals surface area contributed by atoms with E-state index in [0.717, 1.165) is 29.6 Å². The lowest BCUT2D eigenvalue weighted by molar-refractivity contribution is -0.121. The summed E-state index contributed by atoms with van der Waals surface area (Å²) in [6.45, 7) is 7.46. The number of ether oxygens (including phenoxy) is 1. The van der Waals surface area contributed by atoms with Crippen molar-refractivity contribution in [1.29, 1.82) is 0 Å². The number of amides is 2. The monoisotopic (exact) mass is 490 g/mol. The molecule has 2 aromatic heterocycles. The standard InChI is InChI=1S/C28H34N4O4/c1-28(2,3)16-22-24-19(15-21(17-9-10-17)30-26(24)36-31-22)27(34)32-13-11-18(12-14-32)25(33)29-20-7-5-6-8-23(20)35-4/h5-8,15,17-18H,9-14,16H2,1-4H3,(H,29,33). The Morgan fingerprint density at radius 1 is 1.14 bits per heavy atom. The smallest absolute Gasteiger partial charge is 0.259 e. The molecule has 0 radical (unpaired) electrons.